The molecule has 0 amide bonds. The monoisotopic (exact) mass is 286 g/mol. The summed E-state index contributed by atoms with van der Waals surface area (Å²) in [5, 5.41) is 10.5. The lowest BCUT2D eigenvalue weighted by molar-refractivity contribution is -0.351. The number of piperidine rings is 1. The first-order valence-corrected chi connectivity index (χ1v) is 8.11. The molecule has 2 saturated heterocycles. The van der Waals surface area contributed by atoms with E-state index in [-0.39, 0.29) is 23.1 Å². The molecular formula is C16H32NO3+. The molecule has 118 valence electrons. The van der Waals surface area contributed by atoms with Crippen LogP contribution in [-0.2, 0) is 9.47 Å². The standard InChI is InChI=1S/C16H31NO3/c1-7-13-10-19-16(20-13)11-14(5,8-2)17(18)15(6,9-3)12(16)4/h12-13,18H,7-11H2,1-6H3/p+1. The quantitative estimate of drug-likeness (QED) is 0.749. The summed E-state index contributed by atoms with van der Waals surface area (Å²) in [6.07, 6.45) is 3.84. The van der Waals surface area contributed by atoms with Crippen molar-refractivity contribution in [2.75, 3.05) is 6.61 Å². The molecule has 0 aromatic carbocycles. The maximum atomic E-state index is 8.68. The summed E-state index contributed by atoms with van der Waals surface area (Å²) in [4.78, 5) is 0. The van der Waals surface area contributed by atoms with Crippen LogP contribution in [0.4, 0.5) is 0 Å². The van der Waals surface area contributed by atoms with Crippen LogP contribution in [0.1, 0.15) is 67.2 Å². The Labute approximate surface area is 123 Å². The Balaban J connectivity index is 2.39. The van der Waals surface area contributed by atoms with Gasteiger partial charge in [-0.25, -0.2) is 0 Å². The van der Waals surface area contributed by atoms with Gasteiger partial charge in [0, 0.05) is 12.3 Å². The van der Waals surface area contributed by atoms with E-state index in [4.69, 9.17) is 14.7 Å². The Kier molecular flexibility index (Phi) is 4.25. The van der Waals surface area contributed by atoms with Gasteiger partial charge in [-0.2, -0.15) is 0 Å². The lowest BCUT2D eigenvalue weighted by atomic mass is 9.67. The Hall–Kier alpha value is -0.160. The molecule has 2 fully saturated rings. The highest BCUT2D eigenvalue weighted by molar-refractivity contribution is 5.08. The van der Waals surface area contributed by atoms with Gasteiger partial charge in [0.15, 0.2) is 5.79 Å². The predicted octanol–water partition coefficient (Wildman–Crippen LogP) is 2.83. The summed E-state index contributed by atoms with van der Waals surface area (Å²) in [7, 11) is 0. The van der Waals surface area contributed by atoms with Crippen molar-refractivity contribution in [3.8, 4) is 0 Å². The molecule has 4 nitrogen and oxygen atoms in total. The Morgan fingerprint density at radius 3 is 2.30 bits per heavy atom. The number of hydrogen-bond acceptors (Lipinski definition) is 3. The average Bonchev–Trinajstić information content (AvgIpc) is 2.87. The molecule has 4 heteroatoms. The van der Waals surface area contributed by atoms with Gasteiger partial charge in [-0.15, -0.1) is 0 Å². The SMILES string of the molecule is CCC1COC2(CC(C)(CC)N([OH2+])C(C)(CC)C2C)O1. The van der Waals surface area contributed by atoms with E-state index in [2.05, 4.69) is 41.5 Å². The molecule has 0 bridgehead atoms. The molecule has 1 spiro atoms. The minimum Gasteiger partial charge on any atom is -0.347 e. The Bertz CT molecular complexity index is 364. The summed E-state index contributed by atoms with van der Waals surface area (Å²) in [6.45, 7) is 13.7. The van der Waals surface area contributed by atoms with E-state index in [1.54, 1.807) is 0 Å². The molecule has 0 aromatic heterocycles. The molecule has 0 saturated carbocycles. The van der Waals surface area contributed by atoms with E-state index in [1.165, 1.54) is 0 Å². The first kappa shape index (κ1) is 16.2. The largest absolute Gasteiger partial charge is 0.347 e. The smallest absolute Gasteiger partial charge is 0.175 e. The number of rotatable bonds is 3. The van der Waals surface area contributed by atoms with Gasteiger partial charge in [0.1, 0.15) is 0 Å². The zero-order valence-corrected chi connectivity index (χ0v) is 14.0. The van der Waals surface area contributed by atoms with E-state index in [0.717, 1.165) is 25.7 Å². The Morgan fingerprint density at radius 1 is 1.20 bits per heavy atom. The fourth-order valence-electron chi connectivity index (χ4n) is 3.90. The molecule has 5 unspecified atom stereocenters. The van der Waals surface area contributed by atoms with Crippen molar-refractivity contribution in [1.82, 2.24) is 5.06 Å². The van der Waals surface area contributed by atoms with Crippen molar-refractivity contribution < 1.29 is 14.7 Å². The van der Waals surface area contributed by atoms with Crippen LogP contribution in [0.5, 0.6) is 0 Å². The average molecular weight is 286 g/mol. The first-order valence-electron chi connectivity index (χ1n) is 8.11. The number of hydrogen-bond donors (Lipinski definition) is 0. The zero-order chi connectivity index (χ0) is 15.2. The molecule has 5 atom stereocenters. The van der Waals surface area contributed by atoms with Crippen molar-refractivity contribution >= 4 is 0 Å². The third-order valence-corrected chi connectivity index (χ3v) is 6.08. The fraction of sp³-hybridized carbons (Fsp3) is 1.00. The van der Waals surface area contributed by atoms with Crippen LogP contribution >= 0.6 is 0 Å². The first-order chi connectivity index (χ1) is 9.28. The lowest BCUT2D eigenvalue weighted by Crippen LogP contribution is -2.70. The van der Waals surface area contributed by atoms with Crippen molar-refractivity contribution in [2.45, 2.75) is 90.2 Å². The molecule has 2 rings (SSSR count). The third kappa shape index (κ3) is 2.12. The molecule has 2 aliphatic heterocycles. The summed E-state index contributed by atoms with van der Waals surface area (Å²) in [6, 6.07) is 0. The molecular weight excluding hydrogens is 254 g/mol. The van der Waals surface area contributed by atoms with Gasteiger partial charge in [-0.3, -0.25) is 0 Å². The summed E-state index contributed by atoms with van der Waals surface area (Å²) >= 11 is 0. The lowest BCUT2D eigenvalue weighted by Gasteiger charge is -2.57. The van der Waals surface area contributed by atoms with E-state index >= 15 is 0 Å². The van der Waals surface area contributed by atoms with Crippen LogP contribution in [0.3, 0.4) is 0 Å². The van der Waals surface area contributed by atoms with Crippen molar-refractivity contribution in [3.05, 3.63) is 0 Å². The molecule has 2 heterocycles. The van der Waals surface area contributed by atoms with Gasteiger partial charge in [-0.05, 0) is 33.1 Å². The van der Waals surface area contributed by atoms with Gasteiger partial charge >= 0.3 is 0 Å². The molecule has 20 heavy (non-hydrogen) atoms. The predicted molar refractivity (Wildman–Crippen MR) is 80.5 cm³/mol. The van der Waals surface area contributed by atoms with Crippen LogP contribution < -0.4 is 0 Å². The van der Waals surface area contributed by atoms with Crippen molar-refractivity contribution in [3.63, 3.8) is 0 Å². The second-order valence-electron chi connectivity index (χ2n) is 7.07. The summed E-state index contributed by atoms with van der Waals surface area (Å²) in [5.41, 5.74) is -0.411. The minimum absolute atomic E-state index is 0.189. The number of hydroxylamine groups is 2. The Morgan fingerprint density at radius 2 is 1.85 bits per heavy atom. The molecule has 0 radical (unpaired) electrons. The third-order valence-electron chi connectivity index (χ3n) is 6.08. The van der Waals surface area contributed by atoms with Gasteiger partial charge in [-0.1, -0.05) is 32.8 Å². The molecule has 0 aliphatic carbocycles. The highest BCUT2D eigenvalue weighted by atomic mass is 16.7. The van der Waals surface area contributed by atoms with Crippen LogP contribution in [0.15, 0.2) is 0 Å². The highest BCUT2D eigenvalue weighted by Crippen LogP contribution is 2.53. The number of ether oxygens (including phenoxy) is 2. The normalized spacial score (nSPS) is 50.0. The zero-order valence-electron chi connectivity index (χ0n) is 14.0. The van der Waals surface area contributed by atoms with E-state index in [0.29, 0.717) is 6.61 Å². The highest BCUT2D eigenvalue weighted by Gasteiger charge is 2.65. The van der Waals surface area contributed by atoms with Gasteiger partial charge in [0.05, 0.1) is 23.8 Å². The molecule has 2 N–H and O–H groups in total. The van der Waals surface area contributed by atoms with E-state index in [9.17, 15) is 0 Å². The van der Waals surface area contributed by atoms with Crippen molar-refractivity contribution in [1.29, 1.82) is 0 Å². The van der Waals surface area contributed by atoms with Gasteiger partial charge in [0.25, 0.3) is 0 Å². The molecule has 2 aliphatic rings. The number of nitrogens with zero attached hydrogens (tertiary/aromatic N) is 1. The van der Waals surface area contributed by atoms with Crippen LogP contribution in [0, 0.1) is 5.92 Å². The maximum absolute atomic E-state index is 8.68. The van der Waals surface area contributed by atoms with Gasteiger partial charge < -0.3 is 14.7 Å². The summed E-state index contributed by atoms with van der Waals surface area (Å²) in [5.74, 6) is -0.318. The van der Waals surface area contributed by atoms with E-state index in [1.807, 2.05) is 5.06 Å². The maximum Gasteiger partial charge on any atom is 0.175 e. The van der Waals surface area contributed by atoms with Crippen LogP contribution in [-0.4, -0.2) is 39.8 Å². The molecule has 0 aromatic rings. The minimum atomic E-state index is -0.506. The summed E-state index contributed by atoms with van der Waals surface area (Å²) < 4.78 is 12.6. The van der Waals surface area contributed by atoms with Crippen LogP contribution in [0.25, 0.3) is 0 Å². The van der Waals surface area contributed by atoms with E-state index < -0.39 is 5.79 Å². The second-order valence-corrected chi connectivity index (χ2v) is 7.07. The topological polar surface area (TPSA) is 44.6 Å². The second kappa shape index (κ2) is 5.24. The fourth-order valence-corrected chi connectivity index (χ4v) is 3.90. The van der Waals surface area contributed by atoms with Crippen molar-refractivity contribution in [2.24, 2.45) is 5.92 Å². The van der Waals surface area contributed by atoms with Crippen LogP contribution in [0.2, 0.25) is 0 Å². The van der Waals surface area contributed by atoms with Gasteiger partial charge in [0.2, 0.25) is 0 Å².